The molecule has 2 heterocycles. The lowest BCUT2D eigenvalue weighted by Gasteiger charge is -2.25. The molecule has 0 aliphatic carbocycles. The standard InChI is InChI=1S/C24H20ClNO6S/c1-31-18-11-19(32-2)17(25)10-16(18)22(28)20-21(13-5-7-14(27)8-6-13)26(24(30)23(20)29)12-15-4-3-9-33-15/h3-11,21,27-28H,12H2,1-2H3/b22-20+. The molecule has 9 heteroatoms. The maximum Gasteiger partial charge on any atom is 0.295 e. The number of phenols is 1. The van der Waals surface area contributed by atoms with Crippen LogP contribution < -0.4 is 9.47 Å². The van der Waals surface area contributed by atoms with E-state index in [9.17, 15) is 19.8 Å². The lowest BCUT2D eigenvalue weighted by Crippen LogP contribution is -2.28. The fraction of sp³-hybridized carbons (Fsp3) is 0.167. The van der Waals surface area contributed by atoms with E-state index in [0.29, 0.717) is 11.3 Å². The zero-order valence-electron chi connectivity index (χ0n) is 17.7. The molecule has 0 spiro atoms. The van der Waals surface area contributed by atoms with E-state index in [0.717, 1.165) is 4.88 Å². The quantitative estimate of drug-likeness (QED) is 0.297. The molecule has 1 unspecified atom stereocenters. The number of halogens is 1. The Hall–Kier alpha value is -3.49. The van der Waals surface area contributed by atoms with Gasteiger partial charge in [-0.25, -0.2) is 0 Å². The molecular formula is C24H20ClNO6S. The predicted octanol–water partition coefficient (Wildman–Crippen LogP) is 4.75. The summed E-state index contributed by atoms with van der Waals surface area (Å²) >= 11 is 7.72. The van der Waals surface area contributed by atoms with Crippen molar-refractivity contribution in [2.75, 3.05) is 14.2 Å². The Kier molecular flexibility index (Phi) is 6.31. The molecule has 2 N–H and O–H groups in total. The zero-order valence-corrected chi connectivity index (χ0v) is 19.3. The molecule has 1 saturated heterocycles. The molecule has 1 aliphatic heterocycles. The van der Waals surface area contributed by atoms with Crippen LogP contribution in [-0.4, -0.2) is 41.0 Å². The summed E-state index contributed by atoms with van der Waals surface area (Å²) in [4.78, 5) is 28.5. The number of carbonyl (C=O) groups excluding carboxylic acids is 2. The van der Waals surface area contributed by atoms with E-state index in [1.807, 2.05) is 17.5 Å². The summed E-state index contributed by atoms with van der Waals surface area (Å²) < 4.78 is 10.6. The van der Waals surface area contributed by atoms with E-state index in [1.54, 1.807) is 12.1 Å². The number of methoxy groups -OCH3 is 2. The van der Waals surface area contributed by atoms with Crippen LogP contribution in [0.4, 0.5) is 0 Å². The molecule has 1 aliphatic rings. The molecule has 1 fully saturated rings. The van der Waals surface area contributed by atoms with Crippen LogP contribution >= 0.6 is 22.9 Å². The fourth-order valence-electron chi connectivity index (χ4n) is 3.81. The van der Waals surface area contributed by atoms with Gasteiger partial charge in [-0.2, -0.15) is 0 Å². The van der Waals surface area contributed by atoms with E-state index in [-0.39, 0.29) is 34.2 Å². The Morgan fingerprint density at radius 1 is 1.09 bits per heavy atom. The van der Waals surface area contributed by atoms with E-state index < -0.39 is 23.5 Å². The molecule has 1 aromatic heterocycles. The number of likely N-dealkylation sites (tertiary alicyclic amines) is 1. The summed E-state index contributed by atoms with van der Waals surface area (Å²) in [5.41, 5.74) is 0.617. The molecule has 2 aromatic carbocycles. The predicted molar refractivity (Wildman–Crippen MR) is 125 cm³/mol. The highest BCUT2D eigenvalue weighted by atomic mass is 35.5. The first-order chi connectivity index (χ1) is 15.8. The van der Waals surface area contributed by atoms with Crippen molar-refractivity contribution in [3.8, 4) is 17.2 Å². The number of nitrogens with zero attached hydrogens (tertiary/aromatic N) is 1. The SMILES string of the molecule is COc1cc(OC)c(/C(O)=C2\C(=O)C(=O)N(Cc3cccs3)C2c2ccc(O)cc2)cc1Cl. The molecule has 0 saturated carbocycles. The number of ether oxygens (including phenoxy) is 2. The van der Waals surface area contributed by atoms with Gasteiger partial charge in [0.1, 0.15) is 23.0 Å². The van der Waals surface area contributed by atoms with Gasteiger partial charge >= 0.3 is 0 Å². The fourth-order valence-corrected chi connectivity index (χ4v) is 4.75. The third-order valence-corrected chi connectivity index (χ3v) is 6.54. The van der Waals surface area contributed by atoms with Crippen LogP contribution in [0.5, 0.6) is 17.2 Å². The average molecular weight is 486 g/mol. The number of Topliss-reactive ketones (excluding diaryl/α,β-unsaturated/α-hetero) is 1. The zero-order chi connectivity index (χ0) is 23.7. The first-order valence-electron chi connectivity index (χ1n) is 9.87. The van der Waals surface area contributed by atoms with Crippen molar-refractivity contribution in [3.05, 3.63) is 80.5 Å². The molecule has 3 aromatic rings. The van der Waals surface area contributed by atoms with Crippen molar-refractivity contribution in [1.82, 2.24) is 4.90 Å². The second-order valence-electron chi connectivity index (χ2n) is 7.28. The normalized spacial score (nSPS) is 17.4. The van der Waals surface area contributed by atoms with Crippen molar-refractivity contribution >= 4 is 40.4 Å². The summed E-state index contributed by atoms with van der Waals surface area (Å²) in [5, 5.41) is 23.1. The van der Waals surface area contributed by atoms with E-state index in [4.69, 9.17) is 21.1 Å². The molecule has 1 atom stereocenters. The number of amides is 1. The van der Waals surface area contributed by atoms with Gasteiger partial charge in [0.15, 0.2) is 0 Å². The minimum absolute atomic E-state index is 0.0394. The molecule has 170 valence electrons. The smallest absolute Gasteiger partial charge is 0.295 e. The minimum atomic E-state index is -0.877. The van der Waals surface area contributed by atoms with Crippen molar-refractivity contribution in [3.63, 3.8) is 0 Å². The summed E-state index contributed by atoms with van der Waals surface area (Å²) in [7, 11) is 2.85. The third kappa shape index (κ3) is 4.15. The first-order valence-corrected chi connectivity index (χ1v) is 11.1. The number of hydrogen-bond donors (Lipinski definition) is 2. The van der Waals surface area contributed by atoms with Crippen molar-refractivity contribution in [2.45, 2.75) is 12.6 Å². The number of aliphatic hydroxyl groups excluding tert-OH is 1. The molecule has 0 bridgehead atoms. The number of aliphatic hydroxyl groups is 1. The van der Waals surface area contributed by atoms with Gasteiger partial charge in [-0.1, -0.05) is 29.8 Å². The van der Waals surface area contributed by atoms with Crippen LogP contribution in [0.1, 0.15) is 22.0 Å². The third-order valence-electron chi connectivity index (χ3n) is 5.38. The monoisotopic (exact) mass is 485 g/mol. The molecule has 7 nitrogen and oxygen atoms in total. The number of aromatic hydroxyl groups is 1. The van der Waals surface area contributed by atoms with Crippen LogP contribution in [0.2, 0.25) is 5.02 Å². The van der Waals surface area contributed by atoms with Crippen molar-refractivity contribution in [1.29, 1.82) is 0 Å². The lowest BCUT2D eigenvalue weighted by molar-refractivity contribution is -0.140. The first kappa shape index (κ1) is 22.7. The summed E-state index contributed by atoms with van der Waals surface area (Å²) in [5.74, 6) is -1.38. The van der Waals surface area contributed by atoms with Gasteiger partial charge in [0.05, 0.1) is 43.0 Å². The minimum Gasteiger partial charge on any atom is -0.508 e. The highest BCUT2D eigenvalue weighted by Crippen LogP contribution is 2.43. The molecule has 1 amide bonds. The van der Waals surface area contributed by atoms with Crippen LogP contribution in [-0.2, 0) is 16.1 Å². The number of phenolic OH excluding ortho intramolecular Hbond substituents is 1. The number of carbonyl (C=O) groups is 2. The van der Waals surface area contributed by atoms with Gasteiger partial charge in [-0.05, 0) is 35.2 Å². The number of rotatable bonds is 6. The lowest BCUT2D eigenvalue weighted by atomic mass is 9.95. The number of ketones is 1. The topological polar surface area (TPSA) is 96.3 Å². The van der Waals surface area contributed by atoms with Gasteiger partial charge in [0.2, 0.25) is 0 Å². The van der Waals surface area contributed by atoms with Gasteiger partial charge < -0.3 is 24.6 Å². The van der Waals surface area contributed by atoms with E-state index >= 15 is 0 Å². The Labute approximate surface area is 199 Å². The van der Waals surface area contributed by atoms with E-state index in [1.165, 1.54) is 54.7 Å². The van der Waals surface area contributed by atoms with Gasteiger partial charge in [0, 0.05) is 10.9 Å². The number of benzene rings is 2. The second-order valence-corrected chi connectivity index (χ2v) is 8.72. The van der Waals surface area contributed by atoms with Crippen LogP contribution in [0, 0.1) is 0 Å². The largest absolute Gasteiger partial charge is 0.508 e. The highest BCUT2D eigenvalue weighted by Gasteiger charge is 2.46. The Morgan fingerprint density at radius 2 is 1.79 bits per heavy atom. The Morgan fingerprint density at radius 3 is 2.39 bits per heavy atom. The molecule has 4 rings (SSSR count). The number of hydrogen-bond acceptors (Lipinski definition) is 7. The summed E-state index contributed by atoms with van der Waals surface area (Å²) in [6.45, 7) is 0.186. The highest BCUT2D eigenvalue weighted by molar-refractivity contribution is 7.09. The summed E-state index contributed by atoms with van der Waals surface area (Å²) in [6, 6.07) is 11.9. The maximum atomic E-state index is 13.2. The molecular weight excluding hydrogens is 466 g/mol. The van der Waals surface area contributed by atoms with Crippen LogP contribution in [0.15, 0.2) is 59.5 Å². The number of thiophene rings is 1. The van der Waals surface area contributed by atoms with Crippen molar-refractivity contribution < 1.29 is 29.3 Å². The maximum absolute atomic E-state index is 13.2. The summed E-state index contributed by atoms with van der Waals surface area (Å²) in [6.07, 6.45) is 0. The molecule has 0 radical (unpaired) electrons. The Bertz CT molecular complexity index is 1240. The van der Waals surface area contributed by atoms with Crippen molar-refractivity contribution in [2.24, 2.45) is 0 Å². The second kappa shape index (κ2) is 9.17. The van der Waals surface area contributed by atoms with E-state index in [2.05, 4.69) is 0 Å². The van der Waals surface area contributed by atoms with Gasteiger partial charge in [0.25, 0.3) is 11.7 Å². The van der Waals surface area contributed by atoms with Crippen LogP contribution in [0.25, 0.3) is 5.76 Å². The average Bonchev–Trinajstić information content (AvgIpc) is 3.41. The Balaban J connectivity index is 1.91. The molecule has 33 heavy (non-hydrogen) atoms. The van der Waals surface area contributed by atoms with Gasteiger partial charge in [-0.3, -0.25) is 9.59 Å². The van der Waals surface area contributed by atoms with Crippen LogP contribution in [0.3, 0.4) is 0 Å². The van der Waals surface area contributed by atoms with Gasteiger partial charge in [-0.15, -0.1) is 11.3 Å².